The number of rotatable bonds is 13. The first-order valence-electron chi connectivity index (χ1n) is 46.2. The van der Waals surface area contributed by atoms with Crippen LogP contribution in [0.4, 0.5) is 0 Å². The second-order valence-electron chi connectivity index (χ2n) is 36.7. The first-order chi connectivity index (χ1) is 66.2. The van der Waals surface area contributed by atoms with Gasteiger partial charge in [0.25, 0.3) is 0 Å². The minimum Gasteiger partial charge on any atom is -0.208 e. The monoisotopic (exact) mass is 1780 g/mol. The summed E-state index contributed by atoms with van der Waals surface area (Å²) in [4.78, 5) is 46.1. The van der Waals surface area contributed by atoms with E-state index in [-0.39, 0.29) is 0 Å². The zero-order chi connectivity index (χ0) is 90.9. The molecule has 0 unspecified atom stereocenters. The lowest BCUT2D eigenvalue weighted by molar-refractivity contribution is 1.07. The lowest BCUT2D eigenvalue weighted by Crippen LogP contribution is -2.50. The third-order valence-electron chi connectivity index (χ3n) is 27.4. The lowest BCUT2D eigenvalue weighted by Gasteiger charge is -2.21. The molecule has 19 aromatic carbocycles. The van der Waals surface area contributed by atoms with Crippen LogP contribution in [0.5, 0.6) is 0 Å². The molecule has 0 N–H and O–H groups in total. The molecule has 0 saturated carbocycles. The van der Waals surface area contributed by atoms with Crippen molar-refractivity contribution in [2.45, 2.75) is 39.3 Å². The molecule has 0 atom stereocenters. The fourth-order valence-electron chi connectivity index (χ4n) is 20.5. The maximum Gasteiger partial charge on any atom is 0.164 e. The van der Waals surface area contributed by atoms with Crippen molar-refractivity contribution in [1.82, 2.24) is 44.9 Å². The van der Waals surface area contributed by atoms with E-state index < -0.39 is 24.2 Å². The highest BCUT2D eigenvalue weighted by molar-refractivity contribution is 7.05. The number of benzene rings is 19. The minimum absolute atomic E-state index is 0.660. The Balaban J connectivity index is 0.000000114. The van der Waals surface area contributed by atoms with Crippen LogP contribution in [0, 0.1) is 0 Å². The molecule has 0 radical (unpaired) electrons. The molecule has 22 aromatic rings. The molecule has 0 spiro atoms. The van der Waals surface area contributed by atoms with Gasteiger partial charge >= 0.3 is 0 Å². The molecule has 640 valence electrons. The third-order valence-corrected chi connectivity index (χ3v) is 38.0. The van der Waals surface area contributed by atoms with Crippen LogP contribution in [0.25, 0.3) is 213 Å². The van der Waals surface area contributed by atoms with E-state index in [0.717, 1.165) is 83.4 Å². The second-order valence-corrected chi connectivity index (χ2v) is 49.6. The molecule has 3 aliphatic heterocycles. The Morgan fingerprint density at radius 1 is 0.141 bits per heavy atom. The van der Waals surface area contributed by atoms with Gasteiger partial charge in [0.15, 0.2) is 52.4 Å². The molecule has 0 fully saturated rings. The summed E-state index contributed by atoms with van der Waals surface area (Å²) in [6.45, 7) is 14.6. The zero-order valence-corrected chi connectivity index (χ0v) is 78.7. The van der Waals surface area contributed by atoms with Gasteiger partial charge in [-0.2, -0.15) is 0 Å². The molecular formula is C123H91N9Si3. The summed E-state index contributed by atoms with van der Waals surface area (Å²) < 4.78 is 0. The smallest absolute Gasteiger partial charge is 0.164 e. The van der Waals surface area contributed by atoms with E-state index in [1.807, 2.05) is 48.5 Å². The first kappa shape index (κ1) is 83.0. The maximum atomic E-state index is 5.28. The molecule has 12 heteroatoms. The van der Waals surface area contributed by atoms with Gasteiger partial charge in [-0.3, -0.25) is 0 Å². The van der Waals surface area contributed by atoms with E-state index in [4.69, 9.17) is 44.9 Å². The van der Waals surface area contributed by atoms with Crippen molar-refractivity contribution in [3.05, 3.63) is 443 Å². The Hall–Kier alpha value is -16.4. The summed E-state index contributed by atoms with van der Waals surface area (Å²) in [7, 11) is -5.69. The van der Waals surface area contributed by atoms with Crippen LogP contribution in [0.15, 0.2) is 443 Å². The van der Waals surface area contributed by atoms with Gasteiger partial charge in [0.2, 0.25) is 0 Å². The Morgan fingerprint density at radius 3 is 0.978 bits per heavy atom. The predicted molar refractivity (Wildman–Crippen MR) is 569 cm³/mol. The van der Waals surface area contributed by atoms with Gasteiger partial charge in [-0.05, 0) is 166 Å². The molecule has 3 aliphatic rings. The Morgan fingerprint density at radius 2 is 0.430 bits per heavy atom. The quantitative estimate of drug-likeness (QED) is 0.104. The first-order valence-corrected chi connectivity index (χ1v) is 55.2. The van der Waals surface area contributed by atoms with Crippen LogP contribution in [-0.4, -0.2) is 69.1 Å². The Bertz CT molecular complexity index is 8380. The highest BCUT2D eigenvalue weighted by atomic mass is 28.3. The second kappa shape index (κ2) is 34.4. The van der Waals surface area contributed by atoms with Crippen LogP contribution >= 0.6 is 0 Å². The normalized spacial score (nSPS) is 13.0. The van der Waals surface area contributed by atoms with Gasteiger partial charge in [0, 0.05) is 50.1 Å². The van der Waals surface area contributed by atoms with Gasteiger partial charge < -0.3 is 0 Å². The van der Waals surface area contributed by atoms with Crippen LogP contribution in [0.1, 0.15) is 0 Å². The molecule has 0 bridgehead atoms. The average Bonchev–Trinajstić information content (AvgIpc) is 1.54. The maximum absolute atomic E-state index is 5.28. The van der Waals surface area contributed by atoms with Crippen molar-refractivity contribution in [3.63, 3.8) is 0 Å². The summed E-state index contributed by atoms with van der Waals surface area (Å²) in [5, 5.41) is 15.9. The molecule has 6 heterocycles. The van der Waals surface area contributed by atoms with E-state index in [2.05, 4.69) is 434 Å². The van der Waals surface area contributed by atoms with Crippen LogP contribution in [0.2, 0.25) is 39.3 Å². The third kappa shape index (κ3) is 15.4. The highest BCUT2D eigenvalue weighted by Crippen LogP contribution is 2.43. The summed E-state index contributed by atoms with van der Waals surface area (Å²) in [5.41, 5.74) is 26.4. The van der Waals surface area contributed by atoms with Crippen LogP contribution in [0.3, 0.4) is 0 Å². The molecule has 0 aliphatic carbocycles. The van der Waals surface area contributed by atoms with E-state index in [9.17, 15) is 0 Å². The van der Waals surface area contributed by atoms with E-state index in [1.54, 1.807) is 0 Å². The topological polar surface area (TPSA) is 116 Å². The van der Waals surface area contributed by atoms with Crippen molar-refractivity contribution < 1.29 is 0 Å². The lowest BCUT2D eigenvalue weighted by atomic mass is 9.97. The van der Waals surface area contributed by atoms with Crippen molar-refractivity contribution in [2.75, 3.05) is 0 Å². The largest absolute Gasteiger partial charge is 0.208 e. The van der Waals surface area contributed by atoms with Gasteiger partial charge in [0.05, 0.1) is 0 Å². The summed E-state index contributed by atoms with van der Waals surface area (Å²) >= 11 is 0. The van der Waals surface area contributed by atoms with E-state index in [1.165, 1.54) is 114 Å². The molecule has 0 amide bonds. The number of nitrogens with zero attached hydrogens (tertiary/aromatic N) is 9. The highest BCUT2D eigenvalue weighted by Gasteiger charge is 2.42. The average molecular weight is 1780 g/mol. The van der Waals surface area contributed by atoms with Gasteiger partial charge in [-0.15, -0.1) is 0 Å². The summed E-state index contributed by atoms with van der Waals surface area (Å²) in [6.07, 6.45) is 0. The van der Waals surface area contributed by atoms with Crippen molar-refractivity contribution in [3.8, 4) is 180 Å². The molecule has 0 saturated heterocycles. The van der Waals surface area contributed by atoms with E-state index in [0.29, 0.717) is 46.6 Å². The fourth-order valence-corrected chi connectivity index (χ4v) is 30.1. The molecule has 3 aromatic heterocycles. The summed E-state index contributed by atoms with van der Waals surface area (Å²) in [6, 6.07) is 157. The Labute approximate surface area is 789 Å². The summed E-state index contributed by atoms with van der Waals surface area (Å²) in [5.74, 6) is 6.18. The minimum atomic E-state index is -1.97. The molecular weight excluding hydrogens is 1690 g/mol. The van der Waals surface area contributed by atoms with Crippen LogP contribution in [-0.2, 0) is 0 Å². The van der Waals surface area contributed by atoms with E-state index >= 15 is 0 Å². The van der Waals surface area contributed by atoms with Gasteiger partial charge in [-0.25, -0.2) is 44.9 Å². The van der Waals surface area contributed by atoms with Gasteiger partial charge in [-0.1, -0.05) is 458 Å². The molecule has 25 rings (SSSR count). The fraction of sp³-hybridized carbons (Fsp3) is 0.0488. The zero-order valence-electron chi connectivity index (χ0n) is 75.7. The number of fused-ring (bicyclic) bond motifs is 12. The van der Waals surface area contributed by atoms with Crippen molar-refractivity contribution in [2.24, 2.45) is 0 Å². The molecule has 135 heavy (non-hydrogen) atoms. The van der Waals surface area contributed by atoms with Crippen molar-refractivity contribution >= 4 is 87.7 Å². The Kier molecular flexibility index (Phi) is 21.2. The van der Waals surface area contributed by atoms with Crippen molar-refractivity contribution in [1.29, 1.82) is 0 Å². The van der Waals surface area contributed by atoms with Crippen LogP contribution < -0.4 is 31.1 Å². The molecule has 9 nitrogen and oxygen atoms in total. The SMILES string of the molecule is C[Si]1(C)c2ccccc2-c2c(-c3nc(-c4ccc(-c5cccc6ccccc56)cc4)nc(-c4ccccc4-c4ccccc4)n3)cccc21.C[Si]1(C)c2ccccc2-c2ccc(-c3nc(-c4ccccc4)nc(-c4ccc5cc(-c6ccccc6)ccc5c4)n3)cc21.C[Si]1(C)c2ccccc2-c2cccc(-c3nc(-c4ccccc4)nc(-c4ccc5cc(-c6ccccc6)ccc5c4)n3)c21. The number of hydrogen-bond donors (Lipinski definition) is 0. The van der Waals surface area contributed by atoms with Gasteiger partial charge in [0.1, 0.15) is 24.2 Å². The number of aromatic nitrogens is 9. The predicted octanol–water partition coefficient (Wildman–Crippen LogP) is 27.2. The standard InChI is InChI=1S/C45H33N3Si.2C39H29N3Si/c1-49(2)40-24-11-10-21-38(40)42-39(23-13-25-41(42)49)45-47-43(46-44(48-45)37-20-9-8-19-36(37)30-14-4-3-5-15-30)33-28-26-32(27-29-33)35-22-12-17-31-16-6-7-18-34(31)35;1-43(2)35-19-10-9-16-32(35)33-17-11-18-34(36(33)43)39-41-37(27-14-7-4-8-15-27)40-38(42-39)31-23-22-29-24-28(20-21-30(29)25-31)26-12-5-3-6-13-26;1-43(2)35-16-10-9-15-33(35)34-22-21-32(25-36(34)43)39-41-37(27-13-7-4-8-14-27)40-38(42-39)31-20-19-29-23-28(17-18-30(29)24-31)26-11-5-3-6-12-26/h3-29H,1-2H3;2*3-25H,1-2H3. The number of hydrogen-bond acceptors (Lipinski definition) is 9.